The van der Waals surface area contributed by atoms with E-state index in [4.69, 9.17) is 4.74 Å². The molecule has 0 spiro atoms. The van der Waals surface area contributed by atoms with Crippen LogP contribution in [0.1, 0.15) is 45.1 Å². The summed E-state index contributed by atoms with van der Waals surface area (Å²) in [5, 5.41) is 3.56. The number of esters is 1. The van der Waals surface area contributed by atoms with E-state index in [9.17, 15) is 4.79 Å². The van der Waals surface area contributed by atoms with Gasteiger partial charge >= 0.3 is 5.97 Å². The fraction of sp³-hybridized carbons (Fsp3) is 0.588. The monoisotopic (exact) mass is 275 g/mol. The molecule has 3 heteroatoms. The van der Waals surface area contributed by atoms with Crippen LogP contribution in [0.2, 0.25) is 0 Å². The Morgan fingerprint density at radius 1 is 1.40 bits per heavy atom. The number of carbonyl (C=O) groups is 1. The summed E-state index contributed by atoms with van der Waals surface area (Å²) < 4.78 is 5.07. The van der Waals surface area contributed by atoms with Gasteiger partial charge in [-0.3, -0.25) is 4.79 Å². The van der Waals surface area contributed by atoms with Gasteiger partial charge in [-0.05, 0) is 31.4 Å². The van der Waals surface area contributed by atoms with E-state index in [0.717, 1.165) is 24.9 Å². The van der Waals surface area contributed by atoms with Gasteiger partial charge < -0.3 is 10.1 Å². The minimum absolute atomic E-state index is 0.110. The zero-order valence-corrected chi connectivity index (χ0v) is 12.7. The van der Waals surface area contributed by atoms with E-state index in [2.05, 4.69) is 24.4 Å². The Morgan fingerprint density at radius 3 is 2.85 bits per heavy atom. The summed E-state index contributed by atoms with van der Waals surface area (Å²) in [5.74, 6) is -0.110. The second-order valence-corrected chi connectivity index (χ2v) is 5.94. The van der Waals surface area contributed by atoms with Crippen molar-refractivity contribution in [3.63, 3.8) is 0 Å². The van der Waals surface area contributed by atoms with Crippen LogP contribution in [0.3, 0.4) is 0 Å². The number of fused-ring (bicyclic) bond motifs is 1. The van der Waals surface area contributed by atoms with Crippen molar-refractivity contribution >= 4 is 11.7 Å². The van der Waals surface area contributed by atoms with Crippen LogP contribution in [0.15, 0.2) is 24.3 Å². The third-order valence-corrected chi connectivity index (χ3v) is 4.42. The Hall–Kier alpha value is -1.51. The first kappa shape index (κ1) is 14.9. The van der Waals surface area contributed by atoms with Crippen LogP contribution >= 0.6 is 0 Å². The van der Waals surface area contributed by atoms with Gasteiger partial charge in [0.25, 0.3) is 0 Å². The zero-order valence-electron chi connectivity index (χ0n) is 12.7. The fourth-order valence-corrected chi connectivity index (χ4v) is 3.12. The number of hydrogen-bond acceptors (Lipinski definition) is 3. The quantitative estimate of drug-likeness (QED) is 0.656. The topological polar surface area (TPSA) is 38.3 Å². The van der Waals surface area contributed by atoms with Gasteiger partial charge in [0.1, 0.15) is 0 Å². The van der Waals surface area contributed by atoms with Gasteiger partial charge in [0.05, 0.1) is 12.5 Å². The van der Waals surface area contributed by atoms with Crippen LogP contribution in [-0.4, -0.2) is 19.1 Å². The number of unbranched alkanes of at least 4 members (excludes halogenated alkanes) is 2. The van der Waals surface area contributed by atoms with Crippen molar-refractivity contribution < 1.29 is 9.53 Å². The summed E-state index contributed by atoms with van der Waals surface area (Å²) in [6, 6.07) is 8.40. The minimum Gasteiger partial charge on any atom is -0.469 e. The van der Waals surface area contributed by atoms with Crippen molar-refractivity contribution in [1.29, 1.82) is 0 Å². The molecule has 1 heterocycles. The van der Waals surface area contributed by atoms with E-state index in [1.165, 1.54) is 25.5 Å². The molecule has 1 aromatic carbocycles. The van der Waals surface area contributed by atoms with Crippen LogP contribution in [0.4, 0.5) is 5.69 Å². The zero-order chi connectivity index (χ0) is 14.6. The first-order chi connectivity index (χ1) is 9.61. The Kier molecular flexibility index (Phi) is 4.69. The van der Waals surface area contributed by atoms with Gasteiger partial charge in [0, 0.05) is 11.7 Å². The molecule has 0 bridgehead atoms. The van der Waals surface area contributed by atoms with E-state index >= 15 is 0 Å². The average Bonchev–Trinajstić information content (AvgIpc) is 2.47. The summed E-state index contributed by atoms with van der Waals surface area (Å²) in [5.41, 5.74) is 1.89. The van der Waals surface area contributed by atoms with Crippen molar-refractivity contribution in [3.05, 3.63) is 29.8 Å². The highest BCUT2D eigenvalue weighted by molar-refractivity contribution is 5.80. The smallest absolute Gasteiger partial charge is 0.313 e. The molecule has 0 radical (unpaired) electrons. The van der Waals surface area contributed by atoms with E-state index in [1.54, 1.807) is 0 Å². The summed E-state index contributed by atoms with van der Waals surface area (Å²) in [6.45, 7) is 4.22. The third-order valence-electron chi connectivity index (χ3n) is 4.42. The molecule has 1 aliphatic rings. The van der Waals surface area contributed by atoms with Gasteiger partial charge in [-0.25, -0.2) is 0 Å². The van der Waals surface area contributed by atoms with E-state index in [-0.39, 0.29) is 12.0 Å². The van der Waals surface area contributed by atoms with E-state index in [0.29, 0.717) is 0 Å². The SMILES string of the molecule is CCCCC[C@@H]1Nc2ccccc2C[C@@]1(C)C(=O)OC. The molecule has 0 aromatic heterocycles. The van der Waals surface area contributed by atoms with Crippen molar-refractivity contribution in [2.24, 2.45) is 5.41 Å². The molecule has 0 fully saturated rings. The predicted molar refractivity (Wildman–Crippen MR) is 81.8 cm³/mol. The number of ether oxygens (including phenoxy) is 1. The summed E-state index contributed by atoms with van der Waals surface area (Å²) in [7, 11) is 1.48. The molecule has 110 valence electrons. The summed E-state index contributed by atoms with van der Waals surface area (Å²) in [4.78, 5) is 12.3. The number of hydrogen-bond donors (Lipinski definition) is 1. The largest absolute Gasteiger partial charge is 0.469 e. The first-order valence-electron chi connectivity index (χ1n) is 7.54. The highest BCUT2D eigenvalue weighted by Gasteiger charge is 2.45. The molecule has 0 amide bonds. The normalized spacial score (nSPS) is 24.6. The second kappa shape index (κ2) is 6.29. The maximum Gasteiger partial charge on any atom is 0.313 e. The average molecular weight is 275 g/mol. The van der Waals surface area contributed by atoms with E-state index < -0.39 is 5.41 Å². The Morgan fingerprint density at radius 2 is 2.15 bits per heavy atom. The highest BCUT2D eigenvalue weighted by atomic mass is 16.5. The molecular weight excluding hydrogens is 250 g/mol. The number of benzene rings is 1. The van der Waals surface area contributed by atoms with Gasteiger partial charge in [-0.15, -0.1) is 0 Å². The van der Waals surface area contributed by atoms with Crippen molar-refractivity contribution in [2.75, 3.05) is 12.4 Å². The second-order valence-electron chi connectivity index (χ2n) is 5.94. The maximum atomic E-state index is 12.3. The number of para-hydroxylation sites is 1. The molecule has 2 atom stereocenters. The summed E-state index contributed by atoms with van der Waals surface area (Å²) in [6.07, 6.45) is 5.30. The van der Waals surface area contributed by atoms with Crippen molar-refractivity contribution in [2.45, 2.75) is 52.0 Å². The van der Waals surface area contributed by atoms with Crippen LogP contribution in [0.5, 0.6) is 0 Å². The number of nitrogens with one attached hydrogen (secondary N) is 1. The van der Waals surface area contributed by atoms with Gasteiger partial charge in [0.15, 0.2) is 0 Å². The molecule has 1 aromatic rings. The van der Waals surface area contributed by atoms with Crippen LogP contribution in [0, 0.1) is 5.41 Å². The number of methoxy groups -OCH3 is 1. The van der Waals surface area contributed by atoms with Gasteiger partial charge in [-0.1, -0.05) is 44.4 Å². The maximum absolute atomic E-state index is 12.3. The molecule has 0 aliphatic carbocycles. The molecule has 0 saturated carbocycles. The molecule has 1 N–H and O–H groups in total. The van der Waals surface area contributed by atoms with Crippen LogP contribution < -0.4 is 5.32 Å². The van der Waals surface area contributed by atoms with Crippen LogP contribution in [0.25, 0.3) is 0 Å². The first-order valence-corrected chi connectivity index (χ1v) is 7.54. The van der Waals surface area contributed by atoms with Crippen molar-refractivity contribution in [3.8, 4) is 0 Å². The number of carbonyl (C=O) groups excluding carboxylic acids is 1. The highest BCUT2D eigenvalue weighted by Crippen LogP contribution is 2.39. The lowest BCUT2D eigenvalue weighted by Crippen LogP contribution is -2.49. The van der Waals surface area contributed by atoms with Crippen LogP contribution in [-0.2, 0) is 16.0 Å². The molecule has 1 aliphatic heterocycles. The van der Waals surface area contributed by atoms with Gasteiger partial charge in [0.2, 0.25) is 0 Å². The number of rotatable bonds is 5. The molecule has 0 unspecified atom stereocenters. The molecular formula is C17H25NO2. The molecule has 20 heavy (non-hydrogen) atoms. The molecule has 0 saturated heterocycles. The van der Waals surface area contributed by atoms with Crippen molar-refractivity contribution in [1.82, 2.24) is 0 Å². The Bertz CT molecular complexity index is 472. The Balaban J connectivity index is 2.24. The molecule has 2 rings (SSSR count). The fourth-order valence-electron chi connectivity index (χ4n) is 3.12. The third kappa shape index (κ3) is 2.82. The Labute approximate surface area is 121 Å². The number of anilines is 1. The predicted octanol–water partition coefficient (Wildman–Crippen LogP) is 3.78. The lowest BCUT2D eigenvalue weighted by atomic mass is 9.72. The lowest BCUT2D eigenvalue weighted by Gasteiger charge is -2.41. The minimum atomic E-state index is -0.475. The lowest BCUT2D eigenvalue weighted by molar-refractivity contribution is -0.153. The van der Waals surface area contributed by atoms with E-state index in [1.807, 2.05) is 19.1 Å². The summed E-state index contributed by atoms with van der Waals surface area (Å²) >= 11 is 0. The standard InChI is InChI=1S/C17H25NO2/c1-4-5-6-11-15-17(2,16(19)20-3)12-13-9-7-8-10-14(13)18-15/h7-10,15,18H,4-6,11-12H2,1-3H3/t15-,17+/m0/s1. The van der Waals surface area contributed by atoms with Gasteiger partial charge in [-0.2, -0.15) is 0 Å². The molecule has 3 nitrogen and oxygen atoms in total.